The Labute approximate surface area is 332 Å². The summed E-state index contributed by atoms with van der Waals surface area (Å²) in [6.45, 7) is 0. The molecule has 0 saturated heterocycles. The molecule has 12 rings (SSSR count). The molecule has 0 fully saturated rings. The number of para-hydroxylation sites is 2. The van der Waals surface area contributed by atoms with Crippen molar-refractivity contribution < 1.29 is 8.83 Å². The molecule has 0 spiro atoms. The number of aromatic nitrogens is 3. The first-order chi connectivity index (χ1) is 28.7. The maximum absolute atomic E-state index is 6.30. The van der Waals surface area contributed by atoms with Crippen LogP contribution < -0.4 is 0 Å². The van der Waals surface area contributed by atoms with Gasteiger partial charge in [-0.15, -0.1) is 0 Å². The molecular formula is C53H31N3O2. The molecule has 0 aliphatic heterocycles. The predicted octanol–water partition coefficient (Wildman–Crippen LogP) is 14.3. The Balaban J connectivity index is 1.04. The number of benzene rings is 9. The first-order valence-electron chi connectivity index (χ1n) is 19.4. The highest BCUT2D eigenvalue weighted by molar-refractivity contribution is 6.14. The third-order valence-corrected chi connectivity index (χ3v) is 11.3. The van der Waals surface area contributed by atoms with Crippen LogP contribution >= 0.6 is 0 Å². The molecule has 270 valence electrons. The van der Waals surface area contributed by atoms with Gasteiger partial charge in [0, 0.05) is 38.2 Å². The summed E-state index contributed by atoms with van der Waals surface area (Å²) in [4.78, 5) is 15.7. The highest BCUT2D eigenvalue weighted by Gasteiger charge is 2.20. The van der Waals surface area contributed by atoms with E-state index >= 15 is 0 Å². The largest absolute Gasteiger partial charge is 0.456 e. The molecule has 0 atom stereocenters. The molecule has 0 unspecified atom stereocenters. The van der Waals surface area contributed by atoms with Crippen LogP contribution in [-0.2, 0) is 0 Å². The minimum Gasteiger partial charge on any atom is -0.456 e. The maximum Gasteiger partial charge on any atom is 0.164 e. The molecule has 3 aromatic heterocycles. The van der Waals surface area contributed by atoms with Crippen LogP contribution in [0.5, 0.6) is 0 Å². The molecule has 58 heavy (non-hydrogen) atoms. The van der Waals surface area contributed by atoms with Gasteiger partial charge < -0.3 is 8.83 Å². The van der Waals surface area contributed by atoms with Crippen LogP contribution in [0.25, 0.3) is 122 Å². The van der Waals surface area contributed by atoms with E-state index in [2.05, 4.69) is 127 Å². The molecule has 9 aromatic carbocycles. The van der Waals surface area contributed by atoms with E-state index in [4.69, 9.17) is 23.8 Å². The monoisotopic (exact) mass is 741 g/mol. The van der Waals surface area contributed by atoms with E-state index in [1.54, 1.807) is 0 Å². The van der Waals surface area contributed by atoms with Crippen molar-refractivity contribution in [1.29, 1.82) is 0 Å². The van der Waals surface area contributed by atoms with Crippen molar-refractivity contribution in [2.75, 3.05) is 0 Å². The average molecular weight is 742 g/mol. The Bertz CT molecular complexity index is 3450. The van der Waals surface area contributed by atoms with Gasteiger partial charge in [0.25, 0.3) is 0 Å². The van der Waals surface area contributed by atoms with E-state index in [1.165, 1.54) is 32.7 Å². The van der Waals surface area contributed by atoms with Crippen molar-refractivity contribution in [3.63, 3.8) is 0 Å². The molecule has 3 heterocycles. The number of hydrogen-bond acceptors (Lipinski definition) is 5. The summed E-state index contributed by atoms with van der Waals surface area (Å²) in [5.41, 5.74) is 10.5. The minimum absolute atomic E-state index is 0.569. The summed E-state index contributed by atoms with van der Waals surface area (Å²) < 4.78 is 12.6. The fraction of sp³-hybridized carbons (Fsp3) is 0. The van der Waals surface area contributed by atoms with E-state index in [-0.39, 0.29) is 0 Å². The van der Waals surface area contributed by atoms with Crippen LogP contribution in [0.15, 0.2) is 197 Å². The molecule has 12 aromatic rings. The summed E-state index contributed by atoms with van der Waals surface area (Å²) in [5.74, 6) is 1.72. The van der Waals surface area contributed by atoms with Crippen molar-refractivity contribution in [3.05, 3.63) is 188 Å². The molecular weight excluding hydrogens is 711 g/mol. The van der Waals surface area contributed by atoms with Gasteiger partial charge >= 0.3 is 0 Å². The Morgan fingerprint density at radius 3 is 1.48 bits per heavy atom. The third kappa shape index (κ3) is 5.21. The van der Waals surface area contributed by atoms with Crippen LogP contribution in [0.2, 0.25) is 0 Å². The highest BCUT2D eigenvalue weighted by atomic mass is 16.3. The van der Waals surface area contributed by atoms with Crippen molar-refractivity contribution >= 4 is 65.4 Å². The van der Waals surface area contributed by atoms with E-state index < -0.39 is 0 Å². The first kappa shape index (κ1) is 32.4. The van der Waals surface area contributed by atoms with E-state index in [0.717, 1.165) is 71.7 Å². The highest BCUT2D eigenvalue weighted by Crippen LogP contribution is 2.40. The Morgan fingerprint density at radius 2 is 0.776 bits per heavy atom. The lowest BCUT2D eigenvalue weighted by Gasteiger charge is -2.12. The minimum atomic E-state index is 0.569. The van der Waals surface area contributed by atoms with Gasteiger partial charge in [0.1, 0.15) is 22.3 Å². The van der Waals surface area contributed by atoms with Crippen molar-refractivity contribution in [1.82, 2.24) is 15.0 Å². The van der Waals surface area contributed by atoms with Crippen molar-refractivity contribution in [2.24, 2.45) is 0 Å². The second kappa shape index (κ2) is 12.8. The molecule has 0 saturated carbocycles. The third-order valence-electron chi connectivity index (χ3n) is 11.3. The molecule has 5 nitrogen and oxygen atoms in total. The lowest BCUT2D eigenvalue weighted by molar-refractivity contribution is 0.668. The molecule has 0 radical (unpaired) electrons. The molecule has 0 aliphatic rings. The molecule has 0 aliphatic carbocycles. The summed E-state index contributed by atoms with van der Waals surface area (Å²) in [7, 11) is 0. The Morgan fingerprint density at radius 1 is 0.276 bits per heavy atom. The zero-order valence-electron chi connectivity index (χ0n) is 31.1. The quantitative estimate of drug-likeness (QED) is 0.164. The average Bonchev–Trinajstić information content (AvgIpc) is 3.88. The van der Waals surface area contributed by atoms with Crippen LogP contribution in [-0.4, -0.2) is 15.0 Å². The SMILES string of the molecule is c1ccc(-c2ccc3c(ccc4ccc(-c5cccc(-c6nc(-c7cccc8oc9ccccc9c78)nc(-c7cccc8oc9ccccc9c78)n6)c5)cc43)c2)cc1. The van der Waals surface area contributed by atoms with Gasteiger partial charge in [0.05, 0.1) is 0 Å². The summed E-state index contributed by atoms with van der Waals surface area (Å²) in [6, 6.07) is 65.3. The normalized spacial score (nSPS) is 11.8. The number of hydrogen-bond donors (Lipinski definition) is 0. The lowest BCUT2D eigenvalue weighted by Crippen LogP contribution is -2.01. The van der Waals surface area contributed by atoms with Crippen LogP contribution in [0.4, 0.5) is 0 Å². The van der Waals surface area contributed by atoms with Crippen LogP contribution in [0.1, 0.15) is 0 Å². The fourth-order valence-electron chi connectivity index (χ4n) is 8.56. The van der Waals surface area contributed by atoms with Gasteiger partial charge in [-0.1, -0.05) is 146 Å². The standard InChI is InChI=1S/C53H31N3O2/c1-2-11-32(12-3-1)35-27-28-39-37(29-35)26-24-33-23-25-36(31-44(33)39)34-13-8-14-38(30-34)51-54-52(42-17-9-21-47-49(42)40-15-4-6-19-45(40)57-47)56-53(55-51)43-18-10-22-48-50(43)41-16-5-7-20-46(41)58-48/h1-31H. The zero-order chi connectivity index (χ0) is 38.2. The van der Waals surface area contributed by atoms with Gasteiger partial charge in [-0.25, -0.2) is 15.0 Å². The van der Waals surface area contributed by atoms with Crippen LogP contribution in [0.3, 0.4) is 0 Å². The van der Waals surface area contributed by atoms with Gasteiger partial charge in [0.2, 0.25) is 0 Å². The summed E-state index contributed by atoms with van der Waals surface area (Å²) >= 11 is 0. The Kier molecular flexibility index (Phi) is 7.16. The smallest absolute Gasteiger partial charge is 0.164 e. The van der Waals surface area contributed by atoms with Gasteiger partial charge in [0.15, 0.2) is 17.5 Å². The number of nitrogens with zero attached hydrogens (tertiary/aromatic N) is 3. The van der Waals surface area contributed by atoms with E-state index in [9.17, 15) is 0 Å². The topological polar surface area (TPSA) is 65.0 Å². The second-order valence-corrected chi connectivity index (χ2v) is 14.7. The van der Waals surface area contributed by atoms with Crippen LogP contribution in [0, 0.1) is 0 Å². The second-order valence-electron chi connectivity index (χ2n) is 14.7. The van der Waals surface area contributed by atoms with E-state index in [1.807, 2.05) is 60.7 Å². The molecule has 5 heteroatoms. The molecule has 0 amide bonds. The number of rotatable bonds is 5. The van der Waals surface area contributed by atoms with Gasteiger partial charge in [-0.2, -0.15) is 0 Å². The van der Waals surface area contributed by atoms with Crippen molar-refractivity contribution in [2.45, 2.75) is 0 Å². The van der Waals surface area contributed by atoms with Gasteiger partial charge in [-0.3, -0.25) is 0 Å². The lowest BCUT2D eigenvalue weighted by atomic mass is 9.94. The fourth-order valence-corrected chi connectivity index (χ4v) is 8.56. The zero-order valence-corrected chi connectivity index (χ0v) is 31.1. The van der Waals surface area contributed by atoms with E-state index in [0.29, 0.717) is 17.5 Å². The molecule has 0 bridgehead atoms. The Hall–Kier alpha value is -7.89. The summed E-state index contributed by atoms with van der Waals surface area (Å²) in [6.07, 6.45) is 0. The van der Waals surface area contributed by atoms with Gasteiger partial charge in [-0.05, 0) is 86.3 Å². The predicted molar refractivity (Wildman–Crippen MR) is 237 cm³/mol. The summed E-state index contributed by atoms with van der Waals surface area (Å²) in [5, 5.41) is 8.83. The first-order valence-corrected chi connectivity index (χ1v) is 19.4. The van der Waals surface area contributed by atoms with Crippen molar-refractivity contribution in [3.8, 4) is 56.4 Å². The number of furan rings is 2. The molecule has 0 N–H and O–H groups in total. The maximum atomic E-state index is 6.30. The number of fused-ring (bicyclic) bond motifs is 9.